The van der Waals surface area contributed by atoms with Crippen LogP contribution in [0.1, 0.15) is 36.9 Å². The third-order valence-electron chi connectivity index (χ3n) is 3.72. The van der Waals surface area contributed by atoms with E-state index in [-0.39, 0.29) is 11.7 Å². The highest BCUT2D eigenvalue weighted by molar-refractivity contribution is 8.00. The third-order valence-corrected chi connectivity index (χ3v) is 7.32. The molecule has 2 rings (SSSR count). The van der Waals surface area contributed by atoms with E-state index in [1.165, 1.54) is 11.4 Å². The standard InChI is InChI=1S/C15H24N2OS3/c1-5-10-8-17(6-7-20-10)15-14(19-4)11(16)13(21-15)12(18)9(2)3/h9-10H,5-8,16H2,1-4H3. The van der Waals surface area contributed by atoms with E-state index in [2.05, 4.69) is 23.6 Å². The molecule has 1 aromatic rings. The van der Waals surface area contributed by atoms with E-state index in [1.54, 1.807) is 23.1 Å². The number of carbonyl (C=O) groups excluding carboxylic acids is 1. The third kappa shape index (κ3) is 3.54. The van der Waals surface area contributed by atoms with E-state index in [4.69, 9.17) is 5.73 Å². The maximum Gasteiger partial charge on any atom is 0.177 e. The molecule has 2 heterocycles. The molecule has 1 aliphatic heterocycles. The topological polar surface area (TPSA) is 46.3 Å². The number of thiophene rings is 1. The zero-order valence-electron chi connectivity index (χ0n) is 13.1. The molecule has 1 fully saturated rings. The van der Waals surface area contributed by atoms with Crippen molar-refractivity contribution in [2.24, 2.45) is 5.92 Å². The molecule has 6 heteroatoms. The minimum absolute atomic E-state index is 0.00573. The lowest BCUT2D eigenvalue weighted by molar-refractivity contribution is 0.0944. The van der Waals surface area contributed by atoms with Gasteiger partial charge in [-0.25, -0.2) is 0 Å². The Balaban J connectivity index is 2.35. The van der Waals surface area contributed by atoms with Crippen LogP contribution in [-0.4, -0.2) is 36.1 Å². The van der Waals surface area contributed by atoms with Crippen molar-refractivity contribution in [1.82, 2.24) is 0 Å². The predicted octanol–water partition coefficient (Wildman–Crippen LogP) is 4.22. The van der Waals surface area contributed by atoms with E-state index < -0.39 is 0 Å². The maximum atomic E-state index is 12.3. The number of hydrogen-bond donors (Lipinski definition) is 1. The summed E-state index contributed by atoms with van der Waals surface area (Å²) in [5, 5.41) is 1.88. The summed E-state index contributed by atoms with van der Waals surface area (Å²) in [4.78, 5) is 16.6. The summed E-state index contributed by atoms with van der Waals surface area (Å²) in [6.07, 6.45) is 3.23. The van der Waals surface area contributed by atoms with Crippen LogP contribution in [0.25, 0.3) is 0 Å². The summed E-state index contributed by atoms with van der Waals surface area (Å²) >= 11 is 5.30. The Labute approximate surface area is 140 Å². The summed E-state index contributed by atoms with van der Waals surface area (Å²) in [7, 11) is 0. The number of anilines is 2. The largest absolute Gasteiger partial charge is 0.396 e. The number of hydrogen-bond acceptors (Lipinski definition) is 6. The zero-order chi connectivity index (χ0) is 15.6. The van der Waals surface area contributed by atoms with Crippen molar-refractivity contribution in [1.29, 1.82) is 0 Å². The molecule has 0 radical (unpaired) electrons. The molecule has 1 unspecified atom stereocenters. The van der Waals surface area contributed by atoms with Crippen LogP contribution in [-0.2, 0) is 0 Å². The Hall–Kier alpha value is -0.330. The normalized spacial score (nSPS) is 19.3. The highest BCUT2D eigenvalue weighted by Gasteiger charge is 2.28. The predicted molar refractivity (Wildman–Crippen MR) is 98.4 cm³/mol. The molecule has 118 valence electrons. The lowest BCUT2D eigenvalue weighted by Crippen LogP contribution is -2.37. The number of Topliss-reactive ketones (excluding diaryl/α,β-unsaturated/α-hetero) is 1. The summed E-state index contributed by atoms with van der Waals surface area (Å²) < 4.78 is 0. The van der Waals surface area contributed by atoms with Crippen LogP contribution in [0.4, 0.5) is 10.7 Å². The van der Waals surface area contributed by atoms with Gasteiger partial charge in [0.2, 0.25) is 0 Å². The molecule has 0 bridgehead atoms. The Morgan fingerprint density at radius 3 is 2.81 bits per heavy atom. The number of nitrogens with two attached hydrogens (primary N) is 1. The van der Waals surface area contributed by atoms with E-state index in [0.717, 1.165) is 28.6 Å². The molecule has 0 spiro atoms. The highest BCUT2D eigenvalue weighted by Crippen LogP contribution is 2.45. The van der Waals surface area contributed by atoms with Crippen molar-refractivity contribution < 1.29 is 4.79 Å². The Morgan fingerprint density at radius 1 is 1.52 bits per heavy atom. The van der Waals surface area contributed by atoms with Gasteiger partial charge >= 0.3 is 0 Å². The van der Waals surface area contributed by atoms with Crippen LogP contribution in [0, 0.1) is 5.92 Å². The first-order valence-electron chi connectivity index (χ1n) is 7.36. The van der Waals surface area contributed by atoms with Gasteiger partial charge in [0, 0.05) is 30.0 Å². The van der Waals surface area contributed by atoms with Gasteiger partial charge in [-0.15, -0.1) is 23.1 Å². The molecule has 1 saturated heterocycles. The van der Waals surface area contributed by atoms with Crippen molar-refractivity contribution in [3.63, 3.8) is 0 Å². The van der Waals surface area contributed by atoms with Crippen LogP contribution in [0.15, 0.2) is 4.90 Å². The van der Waals surface area contributed by atoms with Crippen LogP contribution in [0.3, 0.4) is 0 Å². The van der Waals surface area contributed by atoms with Crippen molar-refractivity contribution in [3.8, 4) is 0 Å². The first-order chi connectivity index (χ1) is 9.99. The van der Waals surface area contributed by atoms with Crippen molar-refractivity contribution in [3.05, 3.63) is 4.88 Å². The smallest absolute Gasteiger partial charge is 0.177 e. The Morgan fingerprint density at radius 2 is 2.24 bits per heavy atom. The fourth-order valence-corrected chi connectivity index (χ4v) is 5.90. The summed E-state index contributed by atoms with van der Waals surface area (Å²) in [6, 6.07) is 0. The van der Waals surface area contributed by atoms with Crippen LogP contribution in [0.2, 0.25) is 0 Å². The molecular weight excluding hydrogens is 320 g/mol. The average Bonchev–Trinajstić information content (AvgIpc) is 2.83. The maximum absolute atomic E-state index is 12.3. The summed E-state index contributed by atoms with van der Waals surface area (Å²) in [5.41, 5.74) is 6.95. The summed E-state index contributed by atoms with van der Waals surface area (Å²) in [5.74, 6) is 1.31. The number of nitrogens with zero attached hydrogens (tertiary/aromatic N) is 1. The SMILES string of the molecule is CCC1CN(c2sc(C(=O)C(C)C)c(N)c2SC)CCS1. The first kappa shape index (κ1) is 17.0. The zero-order valence-corrected chi connectivity index (χ0v) is 15.6. The minimum atomic E-state index is -0.00573. The highest BCUT2D eigenvalue weighted by atomic mass is 32.2. The molecular formula is C15H24N2OS3. The molecule has 1 atom stereocenters. The molecule has 0 amide bonds. The fraction of sp³-hybridized carbons (Fsp3) is 0.667. The molecule has 2 N–H and O–H groups in total. The van der Waals surface area contributed by atoms with E-state index in [1.807, 2.05) is 20.1 Å². The Bertz CT molecular complexity index is 513. The molecule has 0 saturated carbocycles. The lowest BCUT2D eigenvalue weighted by Gasteiger charge is -2.33. The van der Waals surface area contributed by atoms with Gasteiger partial charge in [-0.3, -0.25) is 4.79 Å². The quantitative estimate of drug-likeness (QED) is 0.640. The molecule has 3 nitrogen and oxygen atoms in total. The van der Waals surface area contributed by atoms with Gasteiger partial charge in [0.1, 0.15) is 5.00 Å². The van der Waals surface area contributed by atoms with Gasteiger partial charge in [0.15, 0.2) is 5.78 Å². The molecule has 21 heavy (non-hydrogen) atoms. The second kappa shape index (κ2) is 7.29. The molecule has 0 aliphatic carbocycles. The number of thioether (sulfide) groups is 2. The monoisotopic (exact) mass is 344 g/mol. The van der Waals surface area contributed by atoms with Crippen molar-refractivity contribution in [2.45, 2.75) is 37.3 Å². The molecule has 0 aromatic carbocycles. The van der Waals surface area contributed by atoms with Gasteiger partial charge < -0.3 is 10.6 Å². The van der Waals surface area contributed by atoms with Crippen molar-refractivity contribution in [2.75, 3.05) is 35.7 Å². The van der Waals surface area contributed by atoms with Gasteiger partial charge in [-0.05, 0) is 12.7 Å². The number of nitrogen functional groups attached to an aromatic ring is 1. The second-order valence-corrected chi connectivity index (χ2v) is 8.77. The van der Waals surface area contributed by atoms with Gasteiger partial charge in [0.25, 0.3) is 0 Å². The van der Waals surface area contributed by atoms with Gasteiger partial charge in [-0.1, -0.05) is 20.8 Å². The summed E-state index contributed by atoms with van der Waals surface area (Å²) in [6.45, 7) is 8.22. The molecule has 1 aliphatic rings. The minimum Gasteiger partial charge on any atom is -0.396 e. The van der Waals surface area contributed by atoms with Crippen LogP contribution < -0.4 is 10.6 Å². The van der Waals surface area contributed by atoms with Gasteiger partial charge in [-0.2, -0.15) is 11.8 Å². The average molecular weight is 345 g/mol. The molecule has 1 aromatic heterocycles. The van der Waals surface area contributed by atoms with Crippen molar-refractivity contribution >= 4 is 51.3 Å². The van der Waals surface area contributed by atoms with Gasteiger partial charge in [0.05, 0.1) is 15.5 Å². The number of carbonyl (C=O) groups is 1. The fourth-order valence-electron chi connectivity index (χ4n) is 2.42. The van der Waals surface area contributed by atoms with E-state index in [0.29, 0.717) is 10.9 Å². The van der Waals surface area contributed by atoms with Crippen LogP contribution in [0.5, 0.6) is 0 Å². The Kier molecular flexibility index (Phi) is 5.91. The van der Waals surface area contributed by atoms with E-state index in [9.17, 15) is 4.79 Å². The first-order valence-corrected chi connectivity index (χ1v) is 10.5. The van der Waals surface area contributed by atoms with E-state index >= 15 is 0 Å². The number of rotatable bonds is 5. The second-order valence-electron chi connectivity index (χ2n) is 5.55. The van der Waals surface area contributed by atoms with Crippen LogP contribution >= 0.6 is 34.9 Å². The lowest BCUT2D eigenvalue weighted by atomic mass is 10.1. The number of ketones is 1.